The lowest BCUT2D eigenvalue weighted by molar-refractivity contribution is -0.113. The van der Waals surface area contributed by atoms with Gasteiger partial charge in [-0.1, -0.05) is 36.0 Å². The number of carbonyl (C=O) groups excluding carboxylic acids is 1. The Morgan fingerprint density at radius 1 is 1.16 bits per heavy atom. The van der Waals surface area contributed by atoms with Gasteiger partial charge < -0.3 is 19.6 Å². The van der Waals surface area contributed by atoms with Crippen molar-refractivity contribution in [3.63, 3.8) is 0 Å². The molecule has 0 aliphatic rings. The van der Waals surface area contributed by atoms with Crippen LogP contribution in [0.2, 0.25) is 0 Å². The van der Waals surface area contributed by atoms with Crippen LogP contribution in [0, 0.1) is 0 Å². The monoisotopic (exact) mass is 357 g/mol. The number of anilines is 1. The molecule has 0 radical (unpaired) electrons. The number of phenols is 1. The van der Waals surface area contributed by atoms with Gasteiger partial charge in [0.05, 0.1) is 5.75 Å². The highest BCUT2D eigenvalue weighted by atomic mass is 32.2. The van der Waals surface area contributed by atoms with E-state index >= 15 is 0 Å². The van der Waals surface area contributed by atoms with E-state index < -0.39 is 0 Å². The van der Waals surface area contributed by atoms with Crippen LogP contribution in [-0.2, 0) is 11.4 Å². The summed E-state index contributed by atoms with van der Waals surface area (Å²) in [5.74, 6) is 0.998. The van der Waals surface area contributed by atoms with E-state index in [-0.39, 0.29) is 29.2 Å². The van der Waals surface area contributed by atoms with Crippen LogP contribution in [0.4, 0.5) is 5.69 Å². The lowest BCUT2D eigenvalue weighted by Crippen LogP contribution is -2.13. The van der Waals surface area contributed by atoms with E-state index in [0.717, 1.165) is 11.8 Å². The van der Waals surface area contributed by atoms with Gasteiger partial charge in [0.25, 0.3) is 11.1 Å². The van der Waals surface area contributed by atoms with E-state index in [2.05, 4.69) is 15.5 Å². The molecule has 3 aromatic rings. The van der Waals surface area contributed by atoms with Gasteiger partial charge in [-0.15, -0.1) is 10.2 Å². The van der Waals surface area contributed by atoms with Crippen molar-refractivity contribution in [2.75, 3.05) is 11.1 Å². The number of hydrogen-bond acceptors (Lipinski definition) is 7. The molecular formula is C17H15N3O4S. The van der Waals surface area contributed by atoms with E-state index in [9.17, 15) is 9.90 Å². The first-order valence-corrected chi connectivity index (χ1v) is 8.39. The average Bonchev–Trinajstić information content (AvgIpc) is 3.07. The summed E-state index contributed by atoms with van der Waals surface area (Å²) in [5.41, 5.74) is 0.521. The Balaban J connectivity index is 1.45. The SMILES string of the molecule is O=C(CSc1nnc(COc2ccccc2)o1)Nc1cccc(O)c1. The molecule has 25 heavy (non-hydrogen) atoms. The van der Waals surface area contributed by atoms with Gasteiger partial charge in [0, 0.05) is 11.8 Å². The number of aromatic nitrogens is 2. The van der Waals surface area contributed by atoms with Crippen molar-refractivity contribution in [3.8, 4) is 11.5 Å². The molecule has 1 aromatic heterocycles. The number of hydrogen-bond donors (Lipinski definition) is 2. The van der Waals surface area contributed by atoms with Gasteiger partial charge in [-0.2, -0.15) is 0 Å². The molecule has 1 amide bonds. The number of benzene rings is 2. The van der Waals surface area contributed by atoms with Crippen LogP contribution in [0.1, 0.15) is 5.89 Å². The third-order valence-electron chi connectivity index (χ3n) is 3.01. The molecule has 0 saturated carbocycles. The first kappa shape index (κ1) is 16.8. The number of rotatable bonds is 7. The predicted octanol–water partition coefficient (Wildman–Crippen LogP) is 3.09. The van der Waals surface area contributed by atoms with Crippen LogP contribution in [0.5, 0.6) is 11.5 Å². The molecule has 0 fully saturated rings. The van der Waals surface area contributed by atoms with Crippen molar-refractivity contribution >= 4 is 23.4 Å². The second kappa shape index (κ2) is 8.20. The number of ether oxygens (including phenoxy) is 1. The van der Waals surface area contributed by atoms with Crippen molar-refractivity contribution < 1.29 is 19.1 Å². The third kappa shape index (κ3) is 5.25. The van der Waals surface area contributed by atoms with Crippen LogP contribution in [0.3, 0.4) is 0 Å². The Morgan fingerprint density at radius 3 is 2.80 bits per heavy atom. The number of amides is 1. The van der Waals surface area contributed by atoms with Crippen molar-refractivity contribution in [2.45, 2.75) is 11.8 Å². The summed E-state index contributed by atoms with van der Waals surface area (Å²) in [6, 6.07) is 15.6. The van der Waals surface area contributed by atoms with Crippen LogP contribution in [-0.4, -0.2) is 27.0 Å². The number of para-hydroxylation sites is 1. The molecule has 0 aliphatic carbocycles. The quantitative estimate of drug-likeness (QED) is 0.627. The highest BCUT2D eigenvalue weighted by molar-refractivity contribution is 7.99. The summed E-state index contributed by atoms with van der Waals surface area (Å²) in [4.78, 5) is 11.9. The van der Waals surface area contributed by atoms with Crippen LogP contribution >= 0.6 is 11.8 Å². The van der Waals surface area contributed by atoms with E-state index in [0.29, 0.717) is 17.3 Å². The van der Waals surface area contributed by atoms with Gasteiger partial charge in [-0.3, -0.25) is 4.79 Å². The minimum absolute atomic E-state index is 0.0883. The lowest BCUT2D eigenvalue weighted by atomic mass is 10.3. The van der Waals surface area contributed by atoms with E-state index in [4.69, 9.17) is 9.15 Å². The predicted molar refractivity (Wildman–Crippen MR) is 92.5 cm³/mol. The summed E-state index contributed by atoms with van der Waals surface area (Å²) >= 11 is 1.12. The topological polar surface area (TPSA) is 97.5 Å². The zero-order valence-electron chi connectivity index (χ0n) is 13.1. The van der Waals surface area contributed by atoms with Crippen molar-refractivity contribution in [3.05, 3.63) is 60.5 Å². The van der Waals surface area contributed by atoms with Gasteiger partial charge in [0.2, 0.25) is 5.91 Å². The molecule has 3 rings (SSSR count). The Labute approximate surface area is 148 Å². The Kier molecular flexibility index (Phi) is 5.53. The van der Waals surface area contributed by atoms with Gasteiger partial charge >= 0.3 is 0 Å². The third-order valence-corrected chi connectivity index (χ3v) is 3.83. The van der Waals surface area contributed by atoms with Crippen molar-refractivity contribution in [1.82, 2.24) is 10.2 Å². The molecule has 0 aliphatic heterocycles. The molecule has 0 atom stereocenters. The maximum atomic E-state index is 11.9. The summed E-state index contributed by atoms with van der Waals surface area (Å²) in [5, 5.41) is 20.1. The van der Waals surface area contributed by atoms with Crippen LogP contribution in [0.25, 0.3) is 0 Å². The molecule has 0 saturated heterocycles. The summed E-state index contributed by atoms with van der Waals surface area (Å²) < 4.78 is 10.9. The number of nitrogens with zero attached hydrogens (tertiary/aromatic N) is 2. The first-order chi connectivity index (χ1) is 12.2. The fourth-order valence-corrected chi connectivity index (χ4v) is 2.51. The number of phenolic OH excluding ortho intramolecular Hbond substituents is 1. The van der Waals surface area contributed by atoms with E-state index in [1.165, 1.54) is 12.1 Å². The highest BCUT2D eigenvalue weighted by Gasteiger charge is 2.10. The minimum atomic E-state index is -0.240. The smallest absolute Gasteiger partial charge is 0.277 e. The molecule has 0 spiro atoms. The highest BCUT2D eigenvalue weighted by Crippen LogP contribution is 2.19. The second-order valence-corrected chi connectivity index (χ2v) is 5.88. The number of aromatic hydroxyl groups is 1. The average molecular weight is 357 g/mol. The normalized spacial score (nSPS) is 10.4. The van der Waals surface area contributed by atoms with Gasteiger partial charge in [0.1, 0.15) is 11.5 Å². The molecule has 128 valence electrons. The standard InChI is InChI=1S/C17H15N3O4S/c21-13-6-4-5-12(9-13)18-15(22)11-25-17-20-19-16(24-17)10-23-14-7-2-1-3-8-14/h1-9,21H,10-11H2,(H,18,22). The molecule has 2 aromatic carbocycles. The van der Waals surface area contributed by atoms with Crippen LogP contribution in [0.15, 0.2) is 64.2 Å². The van der Waals surface area contributed by atoms with Crippen molar-refractivity contribution in [1.29, 1.82) is 0 Å². The summed E-state index contributed by atoms with van der Waals surface area (Å²) in [6.45, 7) is 0.160. The molecule has 7 nitrogen and oxygen atoms in total. The second-order valence-electron chi connectivity index (χ2n) is 4.95. The lowest BCUT2D eigenvalue weighted by Gasteiger charge is -2.04. The Hall–Kier alpha value is -3.00. The largest absolute Gasteiger partial charge is 0.508 e. The first-order valence-electron chi connectivity index (χ1n) is 7.41. The van der Waals surface area contributed by atoms with Gasteiger partial charge in [-0.25, -0.2) is 0 Å². The fraction of sp³-hybridized carbons (Fsp3) is 0.118. The Bertz CT molecular complexity index is 839. The fourth-order valence-electron chi connectivity index (χ4n) is 1.92. The molecule has 0 unspecified atom stereocenters. The molecule has 1 heterocycles. The van der Waals surface area contributed by atoms with Gasteiger partial charge in [-0.05, 0) is 24.3 Å². The minimum Gasteiger partial charge on any atom is -0.508 e. The Morgan fingerprint density at radius 2 is 2.00 bits per heavy atom. The maximum absolute atomic E-state index is 11.9. The molecule has 2 N–H and O–H groups in total. The number of carbonyl (C=O) groups is 1. The van der Waals surface area contributed by atoms with Gasteiger partial charge in [0.15, 0.2) is 6.61 Å². The maximum Gasteiger partial charge on any atom is 0.277 e. The van der Waals surface area contributed by atoms with Crippen LogP contribution < -0.4 is 10.1 Å². The molecular weight excluding hydrogens is 342 g/mol. The number of thioether (sulfide) groups is 1. The summed E-state index contributed by atoms with van der Waals surface area (Å²) in [7, 11) is 0. The zero-order chi connectivity index (χ0) is 17.5. The van der Waals surface area contributed by atoms with Crippen molar-refractivity contribution in [2.24, 2.45) is 0 Å². The molecule has 0 bridgehead atoms. The van der Waals surface area contributed by atoms with E-state index in [1.54, 1.807) is 12.1 Å². The van der Waals surface area contributed by atoms with E-state index in [1.807, 2.05) is 30.3 Å². The number of nitrogens with one attached hydrogen (secondary N) is 1. The zero-order valence-corrected chi connectivity index (χ0v) is 13.9. The summed E-state index contributed by atoms with van der Waals surface area (Å²) in [6.07, 6.45) is 0. The molecule has 8 heteroatoms.